The number of imide groups is 1. The topological polar surface area (TPSA) is 67.9 Å². The zero-order valence-corrected chi connectivity index (χ0v) is 17.1. The van der Waals surface area contributed by atoms with Crippen LogP contribution in [-0.4, -0.2) is 37.2 Å². The number of likely N-dealkylation sites (tertiary alicyclic amines) is 1. The smallest absolute Gasteiger partial charge is 0.417 e. The first kappa shape index (κ1) is 20.1. The number of nitrogens with zero attached hydrogens (tertiary/aromatic N) is 1. The van der Waals surface area contributed by atoms with Gasteiger partial charge in [-0.25, -0.2) is 9.69 Å². The van der Waals surface area contributed by atoms with Crippen molar-refractivity contribution in [3.05, 3.63) is 75.9 Å². The predicted octanol–water partition coefficient (Wildman–Crippen LogP) is 4.33. The van der Waals surface area contributed by atoms with Crippen LogP contribution in [0.5, 0.6) is 0 Å². The van der Waals surface area contributed by atoms with Gasteiger partial charge in [0.05, 0.1) is 12.3 Å². The largest absolute Gasteiger partial charge is 0.444 e. The molecule has 0 aliphatic carbocycles. The molecule has 0 atom stereocenters. The minimum Gasteiger partial charge on any atom is -0.444 e. The molecule has 7 heteroatoms. The molecule has 2 aromatic carbocycles. The second-order valence-corrected chi connectivity index (χ2v) is 7.18. The third kappa shape index (κ3) is 4.99. The van der Waals surface area contributed by atoms with Gasteiger partial charge in [-0.2, -0.15) is 0 Å². The molecule has 0 bridgehead atoms. The first-order valence-corrected chi connectivity index (χ1v) is 9.64. The van der Waals surface area contributed by atoms with Crippen molar-refractivity contribution in [2.75, 3.05) is 25.6 Å². The molecule has 0 saturated carbocycles. The number of nitrogens with one attached hydrogen (secondary N) is 1. The number of hydrogen-bond acceptors (Lipinski definition) is 5. The quantitative estimate of drug-likeness (QED) is 0.671. The fraction of sp³-hybridized carbons (Fsp3) is 0.238. The maximum Gasteiger partial charge on any atom is 0.417 e. The monoisotopic (exact) mass is 444 g/mol. The van der Waals surface area contributed by atoms with Crippen LogP contribution in [0.1, 0.15) is 12.0 Å². The molecule has 2 amide bonds. The Bertz CT molecular complexity index is 866. The first-order valence-electron chi connectivity index (χ1n) is 8.84. The minimum atomic E-state index is -0.635. The summed E-state index contributed by atoms with van der Waals surface area (Å²) in [4.78, 5) is 26.3. The van der Waals surface area contributed by atoms with Crippen molar-refractivity contribution in [2.45, 2.75) is 13.0 Å². The molecule has 1 aliphatic heterocycles. The Kier molecular flexibility index (Phi) is 6.84. The Hall–Kier alpha value is -2.64. The van der Waals surface area contributed by atoms with Crippen molar-refractivity contribution in [1.29, 1.82) is 0 Å². The number of hydrogen-bond donors (Lipinski definition) is 1. The van der Waals surface area contributed by atoms with Crippen molar-refractivity contribution in [2.24, 2.45) is 0 Å². The number of carbonyl (C=O) groups excluding carboxylic acids is 2. The summed E-state index contributed by atoms with van der Waals surface area (Å²) in [7, 11) is 1.56. The van der Waals surface area contributed by atoms with Crippen molar-refractivity contribution in [1.82, 2.24) is 4.90 Å². The van der Waals surface area contributed by atoms with Gasteiger partial charge in [0.1, 0.15) is 6.61 Å². The molecule has 28 heavy (non-hydrogen) atoms. The van der Waals surface area contributed by atoms with E-state index in [4.69, 9.17) is 9.47 Å². The maximum absolute atomic E-state index is 12.8. The van der Waals surface area contributed by atoms with Crippen molar-refractivity contribution >= 4 is 33.6 Å². The fourth-order valence-electron chi connectivity index (χ4n) is 2.90. The van der Waals surface area contributed by atoms with E-state index in [0.717, 1.165) is 20.6 Å². The van der Waals surface area contributed by atoms with Crippen LogP contribution in [0.2, 0.25) is 0 Å². The van der Waals surface area contributed by atoms with Crippen LogP contribution >= 0.6 is 15.9 Å². The molecule has 0 radical (unpaired) electrons. The van der Waals surface area contributed by atoms with E-state index in [1.807, 2.05) is 54.6 Å². The van der Waals surface area contributed by atoms with Crippen LogP contribution in [0.25, 0.3) is 0 Å². The van der Waals surface area contributed by atoms with E-state index in [1.165, 1.54) is 0 Å². The summed E-state index contributed by atoms with van der Waals surface area (Å²) in [5, 5.41) is 3.23. The summed E-state index contributed by atoms with van der Waals surface area (Å²) in [6.07, 6.45) is -0.189. The molecule has 1 aliphatic rings. The number of ether oxygens (including phenoxy) is 2. The Morgan fingerprint density at radius 1 is 1.14 bits per heavy atom. The molecule has 146 valence electrons. The van der Waals surface area contributed by atoms with Crippen LogP contribution in [-0.2, 0) is 20.9 Å². The zero-order valence-electron chi connectivity index (χ0n) is 15.5. The van der Waals surface area contributed by atoms with E-state index in [-0.39, 0.29) is 25.7 Å². The summed E-state index contributed by atoms with van der Waals surface area (Å²) < 4.78 is 11.5. The molecule has 1 fully saturated rings. The van der Waals surface area contributed by atoms with Crippen LogP contribution in [0.3, 0.4) is 0 Å². The lowest BCUT2D eigenvalue weighted by Crippen LogP contribution is -2.33. The van der Waals surface area contributed by atoms with E-state index in [0.29, 0.717) is 17.7 Å². The van der Waals surface area contributed by atoms with Gasteiger partial charge >= 0.3 is 6.09 Å². The maximum atomic E-state index is 12.8. The highest BCUT2D eigenvalue weighted by atomic mass is 79.9. The number of rotatable bonds is 6. The van der Waals surface area contributed by atoms with Gasteiger partial charge in [-0.3, -0.25) is 4.79 Å². The molecule has 1 heterocycles. The number of halogens is 1. The van der Waals surface area contributed by atoms with Gasteiger partial charge < -0.3 is 14.8 Å². The average molecular weight is 445 g/mol. The SMILES string of the molecule is COC/C(Nc1ccc(Br)cc1)=C1\CCN(C(=O)OCc2ccccc2)C1=O. The molecule has 0 spiro atoms. The summed E-state index contributed by atoms with van der Waals surface area (Å²) in [6, 6.07) is 17.0. The number of amides is 2. The van der Waals surface area contributed by atoms with Crippen molar-refractivity contribution < 1.29 is 19.1 Å². The van der Waals surface area contributed by atoms with E-state index in [2.05, 4.69) is 21.2 Å². The van der Waals surface area contributed by atoms with Gasteiger partial charge in [0.2, 0.25) is 0 Å². The lowest BCUT2D eigenvalue weighted by Gasteiger charge is -2.15. The van der Waals surface area contributed by atoms with E-state index in [9.17, 15) is 9.59 Å². The van der Waals surface area contributed by atoms with Crippen molar-refractivity contribution in [3.8, 4) is 0 Å². The Balaban J connectivity index is 1.69. The predicted molar refractivity (Wildman–Crippen MR) is 110 cm³/mol. The standard InChI is InChI=1S/C21H21BrN2O4/c1-27-14-19(23-17-9-7-16(22)8-10-17)18-11-12-24(20(18)25)21(26)28-13-15-5-3-2-4-6-15/h2-10,23H,11-14H2,1H3/b19-18-. The molecule has 1 saturated heterocycles. The van der Waals surface area contributed by atoms with E-state index >= 15 is 0 Å². The summed E-state index contributed by atoms with van der Waals surface area (Å²) >= 11 is 3.40. The van der Waals surface area contributed by atoms with Crippen LogP contribution in [0.4, 0.5) is 10.5 Å². The third-order valence-corrected chi connectivity index (χ3v) is 4.84. The molecule has 0 unspecified atom stereocenters. The lowest BCUT2D eigenvalue weighted by atomic mass is 10.1. The summed E-state index contributed by atoms with van der Waals surface area (Å²) in [5.74, 6) is -0.352. The van der Waals surface area contributed by atoms with Crippen LogP contribution in [0.15, 0.2) is 70.3 Å². The Labute approximate surface area is 172 Å². The molecular formula is C21H21BrN2O4. The Morgan fingerprint density at radius 3 is 2.54 bits per heavy atom. The number of anilines is 1. The second-order valence-electron chi connectivity index (χ2n) is 6.27. The zero-order chi connectivity index (χ0) is 19.9. The lowest BCUT2D eigenvalue weighted by molar-refractivity contribution is -0.123. The van der Waals surface area contributed by atoms with Gasteiger partial charge in [-0.1, -0.05) is 46.3 Å². The molecular weight excluding hydrogens is 424 g/mol. The third-order valence-electron chi connectivity index (χ3n) is 4.31. The summed E-state index contributed by atoms with van der Waals surface area (Å²) in [5.41, 5.74) is 2.88. The van der Waals surface area contributed by atoms with Crippen LogP contribution in [0, 0.1) is 0 Å². The number of carbonyl (C=O) groups is 2. The normalized spacial score (nSPS) is 15.5. The van der Waals surface area contributed by atoms with Gasteiger partial charge in [0, 0.05) is 29.4 Å². The van der Waals surface area contributed by atoms with Crippen LogP contribution < -0.4 is 5.32 Å². The molecule has 0 aromatic heterocycles. The Morgan fingerprint density at radius 2 is 1.86 bits per heavy atom. The fourth-order valence-corrected chi connectivity index (χ4v) is 3.16. The highest BCUT2D eigenvalue weighted by molar-refractivity contribution is 9.10. The number of methoxy groups -OCH3 is 1. The summed E-state index contributed by atoms with van der Waals surface area (Å²) in [6.45, 7) is 0.658. The van der Waals surface area contributed by atoms with Gasteiger partial charge in [-0.05, 0) is 36.2 Å². The highest BCUT2D eigenvalue weighted by Crippen LogP contribution is 2.24. The first-order chi connectivity index (χ1) is 13.6. The molecule has 1 N–H and O–H groups in total. The average Bonchev–Trinajstić information content (AvgIpc) is 3.09. The molecule has 6 nitrogen and oxygen atoms in total. The van der Waals surface area contributed by atoms with Gasteiger partial charge in [0.25, 0.3) is 5.91 Å². The van der Waals surface area contributed by atoms with Gasteiger partial charge in [0.15, 0.2) is 0 Å². The highest BCUT2D eigenvalue weighted by Gasteiger charge is 2.34. The number of benzene rings is 2. The molecule has 2 aromatic rings. The van der Waals surface area contributed by atoms with Crippen molar-refractivity contribution in [3.63, 3.8) is 0 Å². The minimum absolute atomic E-state index is 0.130. The second kappa shape index (κ2) is 9.52. The molecule has 3 rings (SSSR count). The van der Waals surface area contributed by atoms with E-state index < -0.39 is 6.09 Å². The van der Waals surface area contributed by atoms with Gasteiger partial charge in [-0.15, -0.1) is 0 Å². The van der Waals surface area contributed by atoms with E-state index in [1.54, 1.807) is 7.11 Å².